The fourth-order valence-corrected chi connectivity index (χ4v) is 1.48. The van der Waals surface area contributed by atoms with E-state index >= 15 is 0 Å². The van der Waals surface area contributed by atoms with Gasteiger partial charge in [-0.25, -0.2) is 8.42 Å². The van der Waals surface area contributed by atoms with Crippen molar-refractivity contribution in [2.45, 2.75) is 11.8 Å². The monoisotopic (exact) mass is 223 g/mol. The standard InChI is InChI=1S/C8H11NO3S.Na/c1-2-9-7-4-3-5-8(6-7)13(10,11)12;/h3-6,9H,2H2,1H3,(H,10,11,12);/q;+1/p-1. The number of benzene rings is 1. The molecule has 4 nitrogen and oxygen atoms in total. The Hall–Kier alpha value is -0.0700. The first kappa shape index (κ1) is 13.9. The molecule has 0 unspecified atom stereocenters. The van der Waals surface area contributed by atoms with Gasteiger partial charge in [0.15, 0.2) is 0 Å². The zero-order chi connectivity index (χ0) is 9.90. The van der Waals surface area contributed by atoms with Crippen molar-refractivity contribution in [3.05, 3.63) is 24.3 Å². The van der Waals surface area contributed by atoms with Crippen LogP contribution in [-0.2, 0) is 10.1 Å². The topological polar surface area (TPSA) is 69.2 Å². The molecule has 0 aliphatic heterocycles. The normalized spacial score (nSPS) is 10.4. The molecular formula is C8H10NNaO3S. The van der Waals surface area contributed by atoms with E-state index in [-0.39, 0.29) is 34.5 Å². The minimum atomic E-state index is -4.33. The van der Waals surface area contributed by atoms with Gasteiger partial charge in [-0.2, -0.15) is 0 Å². The van der Waals surface area contributed by atoms with Crippen molar-refractivity contribution < 1.29 is 42.5 Å². The molecule has 0 saturated heterocycles. The van der Waals surface area contributed by atoms with Gasteiger partial charge in [-0.3, -0.25) is 0 Å². The first-order valence-electron chi connectivity index (χ1n) is 3.84. The summed E-state index contributed by atoms with van der Waals surface area (Å²) in [5.41, 5.74) is 0.638. The fraction of sp³-hybridized carbons (Fsp3) is 0.250. The SMILES string of the molecule is CCNc1cccc(S(=O)(=O)[O-])c1.[Na+]. The van der Waals surface area contributed by atoms with Crippen LogP contribution in [0.3, 0.4) is 0 Å². The summed E-state index contributed by atoms with van der Waals surface area (Å²) < 4.78 is 31.8. The van der Waals surface area contributed by atoms with Crippen LogP contribution >= 0.6 is 0 Å². The molecule has 14 heavy (non-hydrogen) atoms. The molecule has 0 aliphatic carbocycles. The van der Waals surface area contributed by atoms with E-state index in [0.29, 0.717) is 12.2 Å². The summed E-state index contributed by atoms with van der Waals surface area (Å²) in [5, 5.41) is 2.92. The summed E-state index contributed by atoms with van der Waals surface area (Å²) in [6, 6.07) is 5.84. The van der Waals surface area contributed by atoms with Gasteiger partial charge < -0.3 is 9.87 Å². The number of rotatable bonds is 3. The third-order valence-corrected chi connectivity index (χ3v) is 2.33. The van der Waals surface area contributed by atoms with Crippen molar-refractivity contribution in [1.82, 2.24) is 0 Å². The zero-order valence-corrected chi connectivity index (χ0v) is 11.0. The van der Waals surface area contributed by atoms with Gasteiger partial charge in [-0.15, -0.1) is 0 Å². The average Bonchev–Trinajstić information content (AvgIpc) is 2.04. The molecule has 0 bridgehead atoms. The molecule has 0 heterocycles. The van der Waals surface area contributed by atoms with Crippen molar-refractivity contribution >= 4 is 15.8 Å². The Labute approximate surface area is 106 Å². The Morgan fingerprint density at radius 1 is 1.43 bits per heavy atom. The van der Waals surface area contributed by atoms with E-state index in [9.17, 15) is 13.0 Å². The Bertz CT molecular complexity index is 391. The van der Waals surface area contributed by atoms with Crippen LogP contribution in [0.1, 0.15) is 6.92 Å². The molecule has 0 atom stereocenters. The molecule has 0 fully saturated rings. The Kier molecular flexibility index (Phi) is 5.70. The molecule has 0 saturated carbocycles. The van der Waals surface area contributed by atoms with Gasteiger partial charge in [0.1, 0.15) is 10.1 Å². The van der Waals surface area contributed by atoms with Crippen LogP contribution in [0.15, 0.2) is 29.2 Å². The third-order valence-electron chi connectivity index (χ3n) is 1.50. The van der Waals surface area contributed by atoms with Crippen molar-refractivity contribution in [2.24, 2.45) is 0 Å². The number of anilines is 1. The zero-order valence-electron chi connectivity index (χ0n) is 8.15. The van der Waals surface area contributed by atoms with Crippen LogP contribution in [0.2, 0.25) is 0 Å². The van der Waals surface area contributed by atoms with Gasteiger partial charge in [0.05, 0.1) is 4.90 Å². The minimum Gasteiger partial charge on any atom is -0.744 e. The maximum absolute atomic E-state index is 10.6. The van der Waals surface area contributed by atoms with E-state index in [2.05, 4.69) is 5.32 Å². The average molecular weight is 223 g/mol. The fourth-order valence-electron chi connectivity index (χ4n) is 0.966. The second-order valence-corrected chi connectivity index (χ2v) is 3.89. The van der Waals surface area contributed by atoms with E-state index in [1.165, 1.54) is 18.2 Å². The van der Waals surface area contributed by atoms with Crippen molar-refractivity contribution in [1.29, 1.82) is 0 Å². The molecule has 0 aromatic heterocycles. The Morgan fingerprint density at radius 2 is 2.07 bits per heavy atom. The summed E-state index contributed by atoms with van der Waals surface area (Å²) >= 11 is 0. The molecule has 0 radical (unpaired) electrons. The van der Waals surface area contributed by atoms with Crippen LogP contribution in [0.4, 0.5) is 5.69 Å². The molecule has 6 heteroatoms. The molecule has 1 rings (SSSR count). The van der Waals surface area contributed by atoms with Gasteiger partial charge in [0, 0.05) is 12.2 Å². The van der Waals surface area contributed by atoms with E-state index in [0.717, 1.165) is 0 Å². The summed E-state index contributed by atoms with van der Waals surface area (Å²) in [5.74, 6) is 0. The van der Waals surface area contributed by atoms with Crippen LogP contribution in [0.25, 0.3) is 0 Å². The van der Waals surface area contributed by atoms with E-state index < -0.39 is 10.1 Å². The smallest absolute Gasteiger partial charge is 0.744 e. The second kappa shape index (κ2) is 5.72. The van der Waals surface area contributed by atoms with E-state index in [1.807, 2.05) is 6.92 Å². The van der Waals surface area contributed by atoms with E-state index in [4.69, 9.17) is 0 Å². The largest absolute Gasteiger partial charge is 1.00 e. The quantitative estimate of drug-likeness (QED) is 0.476. The maximum atomic E-state index is 10.6. The molecule has 72 valence electrons. The van der Waals surface area contributed by atoms with Crippen LogP contribution in [0, 0.1) is 0 Å². The van der Waals surface area contributed by atoms with Gasteiger partial charge in [0.25, 0.3) is 0 Å². The molecular weight excluding hydrogens is 213 g/mol. The number of hydrogen-bond donors (Lipinski definition) is 1. The maximum Gasteiger partial charge on any atom is 1.00 e. The third kappa shape index (κ3) is 3.98. The van der Waals surface area contributed by atoms with E-state index in [1.54, 1.807) is 6.07 Å². The summed E-state index contributed by atoms with van der Waals surface area (Å²) in [6.07, 6.45) is 0. The minimum absolute atomic E-state index is 0. The van der Waals surface area contributed by atoms with Gasteiger partial charge in [0.2, 0.25) is 0 Å². The van der Waals surface area contributed by atoms with Crippen molar-refractivity contribution in [2.75, 3.05) is 11.9 Å². The first-order chi connectivity index (χ1) is 6.04. The van der Waals surface area contributed by atoms with Crippen molar-refractivity contribution in [3.63, 3.8) is 0 Å². The molecule has 0 amide bonds. The van der Waals surface area contributed by atoms with Gasteiger partial charge in [-0.1, -0.05) is 6.07 Å². The number of hydrogen-bond acceptors (Lipinski definition) is 4. The Balaban J connectivity index is 0.00000169. The molecule has 0 aliphatic rings. The van der Waals surface area contributed by atoms with Crippen LogP contribution in [0.5, 0.6) is 0 Å². The van der Waals surface area contributed by atoms with Crippen LogP contribution in [-0.4, -0.2) is 19.5 Å². The first-order valence-corrected chi connectivity index (χ1v) is 5.24. The predicted octanol–water partition coefficient (Wildman–Crippen LogP) is -1.97. The van der Waals surface area contributed by atoms with Crippen LogP contribution < -0.4 is 34.9 Å². The summed E-state index contributed by atoms with van der Waals surface area (Å²) in [4.78, 5) is -0.203. The molecule has 0 spiro atoms. The Morgan fingerprint density at radius 3 is 2.57 bits per heavy atom. The summed E-state index contributed by atoms with van der Waals surface area (Å²) in [7, 11) is -4.33. The predicted molar refractivity (Wildman–Crippen MR) is 48.6 cm³/mol. The molecule has 1 aromatic carbocycles. The van der Waals surface area contributed by atoms with Gasteiger partial charge in [-0.05, 0) is 25.1 Å². The summed E-state index contributed by atoms with van der Waals surface area (Å²) in [6.45, 7) is 2.57. The molecule has 1 aromatic rings. The number of nitrogens with one attached hydrogen (secondary N) is 1. The molecule has 1 N–H and O–H groups in total. The second-order valence-electron chi connectivity index (χ2n) is 2.51. The van der Waals surface area contributed by atoms with Crippen molar-refractivity contribution in [3.8, 4) is 0 Å². The van der Waals surface area contributed by atoms with Gasteiger partial charge >= 0.3 is 29.6 Å².